The molecule has 0 saturated carbocycles. The molecule has 0 saturated heterocycles. The van der Waals surface area contributed by atoms with Crippen molar-refractivity contribution in [1.29, 1.82) is 0 Å². The predicted octanol–water partition coefficient (Wildman–Crippen LogP) is 3.73. The molecule has 0 aliphatic rings. The SMILES string of the molecule is COc1ccc(CCNC(=O)CCc2c(C)c3ccc(OC)c(C)c3oc2=O)cc1OC. The molecule has 7 heteroatoms. The van der Waals surface area contributed by atoms with Crippen LogP contribution in [0, 0.1) is 13.8 Å². The topological polar surface area (TPSA) is 87.0 Å². The van der Waals surface area contributed by atoms with Crippen molar-refractivity contribution in [3.05, 3.63) is 63.0 Å². The van der Waals surface area contributed by atoms with E-state index in [0.29, 0.717) is 47.8 Å². The summed E-state index contributed by atoms with van der Waals surface area (Å²) >= 11 is 0. The van der Waals surface area contributed by atoms with Gasteiger partial charge in [0.25, 0.3) is 0 Å². The Morgan fingerprint density at radius 2 is 1.59 bits per heavy atom. The van der Waals surface area contributed by atoms with E-state index in [-0.39, 0.29) is 12.3 Å². The molecule has 170 valence electrons. The van der Waals surface area contributed by atoms with Gasteiger partial charge in [-0.1, -0.05) is 6.07 Å². The van der Waals surface area contributed by atoms with E-state index in [9.17, 15) is 9.59 Å². The molecule has 1 aromatic heterocycles. The molecule has 2 aromatic carbocycles. The highest BCUT2D eigenvalue weighted by atomic mass is 16.5. The van der Waals surface area contributed by atoms with E-state index in [2.05, 4.69) is 5.32 Å². The van der Waals surface area contributed by atoms with Crippen molar-refractivity contribution >= 4 is 16.9 Å². The summed E-state index contributed by atoms with van der Waals surface area (Å²) in [6.45, 7) is 4.23. The molecule has 0 bridgehead atoms. The van der Waals surface area contributed by atoms with Gasteiger partial charge >= 0.3 is 5.63 Å². The van der Waals surface area contributed by atoms with Gasteiger partial charge in [-0.05, 0) is 62.1 Å². The highest BCUT2D eigenvalue weighted by molar-refractivity contribution is 5.85. The number of ether oxygens (including phenoxy) is 3. The summed E-state index contributed by atoms with van der Waals surface area (Å²) in [5, 5.41) is 3.76. The maximum atomic E-state index is 12.6. The normalized spacial score (nSPS) is 10.8. The zero-order chi connectivity index (χ0) is 23.3. The van der Waals surface area contributed by atoms with Crippen LogP contribution < -0.4 is 25.2 Å². The quantitative estimate of drug-likeness (QED) is 0.511. The third kappa shape index (κ3) is 4.88. The van der Waals surface area contributed by atoms with Gasteiger partial charge in [-0.25, -0.2) is 4.79 Å². The summed E-state index contributed by atoms with van der Waals surface area (Å²) in [6, 6.07) is 9.41. The van der Waals surface area contributed by atoms with Gasteiger partial charge in [-0.2, -0.15) is 0 Å². The lowest BCUT2D eigenvalue weighted by Gasteiger charge is -2.12. The van der Waals surface area contributed by atoms with Crippen LogP contribution in [-0.4, -0.2) is 33.8 Å². The van der Waals surface area contributed by atoms with Crippen molar-refractivity contribution in [2.24, 2.45) is 0 Å². The summed E-state index contributed by atoms with van der Waals surface area (Å²) < 4.78 is 21.4. The molecule has 7 nitrogen and oxygen atoms in total. The van der Waals surface area contributed by atoms with Crippen LogP contribution in [0.4, 0.5) is 0 Å². The van der Waals surface area contributed by atoms with Crippen LogP contribution in [0.2, 0.25) is 0 Å². The van der Waals surface area contributed by atoms with Crippen molar-refractivity contribution < 1.29 is 23.4 Å². The number of carbonyl (C=O) groups is 1. The number of hydrogen-bond donors (Lipinski definition) is 1. The smallest absolute Gasteiger partial charge is 0.339 e. The molecular weight excluding hydrogens is 410 g/mol. The number of benzene rings is 2. The summed E-state index contributed by atoms with van der Waals surface area (Å²) in [7, 11) is 4.76. The average Bonchev–Trinajstić information content (AvgIpc) is 2.79. The molecule has 1 heterocycles. The first-order valence-electron chi connectivity index (χ1n) is 10.5. The number of hydrogen-bond acceptors (Lipinski definition) is 6. The highest BCUT2D eigenvalue weighted by Crippen LogP contribution is 2.29. The summed E-state index contributed by atoms with van der Waals surface area (Å²) in [5.74, 6) is 1.87. The van der Waals surface area contributed by atoms with Crippen molar-refractivity contribution in [3.8, 4) is 17.2 Å². The first-order valence-corrected chi connectivity index (χ1v) is 10.5. The van der Waals surface area contributed by atoms with Gasteiger partial charge in [0.15, 0.2) is 11.5 Å². The Labute approximate surface area is 187 Å². The fourth-order valence-electron chi connectivity index (χ4n) is 3.79. The lowest BCUT2D eigenvalue weighted by molar-refractivity contribution is -0.121. The van der Waals surface area contributed by atoms with Crippen LogP contribution in [-0.2, 0) is 17.6 Å². The van der Waals surface area contributed by atoms with Gasteiger partial charge in [-0.15, -0.1) is 0 Å². The van der Waals surface area contributed by atoms with Crippen molar-refractivity contribution in [2.75, 3.05) is 27.9 Å². The lowest BCUT2D eigenvalue weighted by atomic mass is 10.00. The van der Waals surface area contributed by atoms with Crippen LogP contribution in [0.3, 0.4) is 0 Å². The number of methoxy groups -OCH3 is 3. The van der Waals surface area contributed by atoms with Crippen LogP contribution in [0.25, 0.3) is 11.0 Å². The van der Waals surface area contributed by atoms with Crippen molar-refractivity contribution in [1.82, 2.24) is 5.32 Å². The van der Waals surface area contributed by atoms with Gasteiger partial charge < -0.3 is 23.9 Å². The second-order valence-electron chi connectivity index (χ2n) is 7.55. The van der Waals surface area contributed by atoms with E-state index in [1.54, 1.807) is 21.3 Å². The Bertz CT molecular complexity index is 1180. The van der Waals surface area contributed by atoms with Crippen molar-refractivity contribution in [2.45, 2.75) is 33.1 Å². The average molecular weight is 440 g/mol. The third-order valence-corrected chi connectivity index (χ3v) is 5.66. The molecule has 0 spiro atoms. The Kier molecular flexibility index (Phi) is 7.41. The van der Waals surface area contributed by atoms with E-state index in [1.807, 2.05) is 44.2 Å². The van der Waals surface area contributed by atoms with Gasteiger partial charge in [0.1, 0.15) is 11.3 Å². The fraction of sp³-hybridized carbons (Fsp3) is 0.360. The molecular formula is C25H29NO6. The van der Waals surface area contributed by atoms with Crippen LogP contribution in [0.1, 0.15) is 28.7 Å². The maximum absolute atomic E-state index is 12.6. The molecule has 0 radical (unpaired) electrons. The van der Waals surface area contributed by atoms with Crippen molar-refractivity contribution in [3.63, 3.8) is 0 Å². The van der Waals surface area contributed by atoms with Crippen LogP contribution in [0.5, 0.6) is 17.2 Å². The van der Waals surface area contributed by atoms with Crippen LogP contribution in [0.15, 0.2) is 39.5 Å². The Balaban J connectivity index is 1.62. The molecule has 0 aliphatic carbocycles. The third-order valence-electron chi connectivity index (χ3n) is 5.66. The Morgan fingerprint density at radius 3 is 2.28 bits per heavy atom. The minimum Gasteiger partial charge on any atom is -0.496 e. The van der Waals surface area contributed by atoms with E-state index in [1.165, 1.54) is 0 Å². The molecule has 1 N–H and O–H groups in total. The molecule has 1 amide bonds. The Morgan fingerprint density at radius 1 is 0.906 bits per heavy atom. The number of amides is 1. The minimum atomic E-state index is -0.413. The number of carbonyl (C=O) groups excluding carboxylic acids is 1. The molecule has 0 fully saturated rings. The number of nitrogens with one attached hydrogen (secondary N) is 1. The summed E-state index contributed by atoms with van der Waals surface area (Å²) in [5.41, 5.74) is 3.28. The largest absolute Gasteiger partial charge is 0.496 e. The zero-order valence-electron chi connectivity index (χ0n) is 19.2. The first kappa shape index (κ1) is 23.2. The molecule has 0 aliphatic heterocycles. The zero-order valence-corrected chi connectivity index (χ0v) is 19.2. The fourth-order valence-corrected chi connectivity index (χ4v) is 3.79. The number of rotatable bonds is 9. The van der Waals surface area contributed by atoms with Gasteiger partial charge in [0.2, 0.25) is 5.91 Å². The van der Waals surface area contributed by atoms with E-state index < -0.39 is 5.63 Å². The number of fused-ring (bicyclic) bond motifs is 1. The number of aryl methyl sites for hydroxylation is 2. The summed E-state index contributed by atoms with van der Waals surface area (Å²) in [4.78, 5) is 24.9. The molecule has 0 unspecified atom stereocenters. The highest BCUT2D eigenvalue weighted by Gasteiger charge is 2.16. The molecule has 3 aromatic rings. The van der Waals surface area contributed by atoms with E-state index >= 15 is 0 Å². The predicted molar refractivity (Wildman–Crippen MR) is 123 cm³/mol. The standard InChI is InChI=1S/C25H29NO6/c1-15-18-7-10-20(29-3)16(2)24(18)32-25(28)19(15)8-11-23(27)26-13-12-17-6-9-21(30-4)22(14-17)31-5/h6-7,9-10,14H,8,11-13H2,1-5H3,(H,26,27). The van der Waals surface area contributed by atoms with Gasteiger partial charge in [-0.3, -0.25) is 4.79 Å². The molecule has 32 heavy (non-hydrogen) atoms. The second-order valence-corrected chi connectivity index (χ2v) is 7.55. The molecule has 3 rings (SSSR count). The van der Waals surface area contributed by atoms with E-state index in [4.69, 9.17) is 18.6 Å². The maximum Gasteiger partial charge on any atom is 0.339 e. The second kappa shape index (κ2) is 10.2. The lowest BCUT2D eigenvalue weighted by Crippen LogP contribution is -2.26. The summed E-state index contributed by atoms with van der Waals surface area (Å²) in [6.07, 6.45) is 1.18. The monoisotopic (exact) mass is 439 g/mol. The minimum absolute atomic E-state index is 0.115. The first-order chi connectivity index (χ1) is 15.4. The van der Waals surface area contributed by atoms with Gasteiger partial charge in [0, 0.05) is 29.5 Å². The van der Waals surface area contributed by atoms with Crippen LogP contribution >= 0.6 is 0 Å². The van der Waals surface area contributed by atoms with Gasteiger partial charge in [0.05, 0.1) is 21.3 Å². The molecule has 0 atom stereocenters. The Hall–Kier alpha value is -3.48. The van der Waals surface area contributed by atoms with E-state index in [0.717, 1.165) is 22.1 Å².